The number of hydrogen-bond acceptors (Lipinski definition) is 4. The predicted octanol–water partition coefficient (Wildman–Crippen LogP) is 1.42. The summed E-state index contributed by atoms with van der Waals surface area (Å²) in [6.45, 7) is 0.249. The van der Waals surface area contributed by atoms with Crippen LogP contribution in [-0.2, 0) is 16.4 Å². The smallest absolute Gasteiger partial charge is 0.148 e. The Morgan fingerprint density at radius 2 is 2.12 bits per heavy atom. The highest BCUT2D eigenvalue weighted by Gasteiger charge is 2.06. The largest absolute Gasteiger partial charge is 0.326 e. The standard InChI is InChI=1S/C10H14FNO2S2/c1-16(13,14)5-4-15-10-3-2-9(11)6-8(10)7-12/h2-3,6H,4-5,7,12H2,1H3. The molecule has 0 bridgehead atoms. The van der Waals surface area contributed by atoms with Crippen LogP contribution in [0.25, 0.3) is 0 Å². The fourth-order valence-corrected chi connectivity index (χ4v) is 3.41. The number of halogens is 1. The van der Waals surface area contributed by atoms with E-state index in [4.69, 9.17) is 5.73 Å². The molecule has 0 amide bonds. The van der Waals surface area contributed by atoms with E-state index in [9.17, 15) is 12.8 Å². The van der Waals surface area contributed by atoms with Crippen molar-refractivity contribution in [2.24, 2.45) is 5.73 Å². The van der Waals surface area contributed by atoms with Gasteiger partial charge in [0.15, 0.2) is 0 Å². The molecule has 6 heteroatoms. The molecule has 0 unspecified atom stereocenters. The van der Waals surface area contributed by atoms with E-state index in [0.29, 0.717) is 11.3 Å². The quantitative estimate of drug-likeness (QED) is 0.816. The predicted molar refractivity (Wildman–Crippen MR) is 64.7 cm³/mol. The molecule has 1 aromatic carbocycles. The summed E-state index contributed by atoms with van der Waals surface area (Å²) in [6, 6.07) is 4.36. The lowest BCUT2D eigenvalue weighted by atomic mass is 10.2. The highest BCUT2D eigenvalue weighted by atomic mass is 32.2. The van der Waals surface area contributed by atoms with Crippen molar-refractivity contribution in [2.75, 3.05) is 17.8 Å². The molecule has 0 spiro atoms. The van der Waals surface area contributed by atoms with Crippen LogP contribution in [0.4, 0.5) is 4.39 Å². The topological polar surface area (TPSA) is 60.2 Å². The third-order valence-electron chi connectivity index (χ3n) is 1.95. The van der Waals surface area contributed by atoms with E-state index in [-0.39, 0.29) is 18.1 Å². The molecule has 16 heavy (non-hydrogen) atoms. The lowest BCUT2D eigenvalue weighted by Gasteiger charge is -2.06. The maximum atomic E-state index is 12.9. The molecular weight excluding hydrogens is 249 g/mol. The Bertz CT molecular complexity index is 460. The van der Waals surface area contributed by atoms with E-state index in [1.54, 1.807) is 6.07 Å². The van der Waals surface area contributed by atoms with Gasteiger partial charge in [-0.2, -0.15) is 0 Å². The number of rotatable bonds is 5. The first kappa shape index (κ1) is 13.5. The normalized spacial score (nSPS) is 11.7. The molecule has 0 atom stereocenters. The SMILES string of the molecule is CS(=O)(=O)CCSc1ccc(F)cc1CN. The fraction of sp³-hybridized carbons (Fsp3) is 0.400. The maximum absolute atomic E-state index is 12.9. The van der Waals surface area contributed by atoms with Gasteiger partial charge in [0.05, 0.1) is 5.75 Å². The lowest BCUT2D eigenvalue weighted by Crippen LogP contribution is -2.06. The molecule has 3 nitrogen and oxygen atoms in total. The molecule has 0 saturated heterocycles. The van der Waals surface area contributed by atoms with E-state index < -0.39 is 9.84 Å². The van der Waals surface area contributed by atoms with Gasteiger partial charge in [0.1, 0.15) is 15.7 Å². The second-order valence-electron chi connectivity index (χ2n) is 3.43. The lowest BCUT2D eigenvalue weighted by molar-refractivity contribution is 0.603. The molecule has 1 aromatic rings. The molecule has 0 aliphatic carbocycles. The van der Waals surface area contributed by atoms with E-state index in [1.807, 2.05) is 0 Å². The first-order chi connectivity index (χ1) is 7.42. The monoisotopic (exact) mass is 263 g/mol. The van der Waals surface area contributed by atoms with Crippen LogP contribution in [-0.4, -0.2) is 26.2 Å². The Morgan fingerprint density at radius 1 is 1.44 bits per heavy atom. The van der Waals surface area contributed by atoms with Crippen molar-refractivity contribution in [2.45, 2.75) is 11.4 Å². The molecule has 0 saturated carbocycles. The van der Waals surface area contributed by atoms with Gasteiger partial charge in [0, 0.05) is 23.4 Å². The van der Waals surface area contributed by atoms with E-state index in [0.717, 1.165) is 4.90 Å². The van der Waals surface area contributed by atoms with Gasteiger partial charge in [-0.05, 0) is 23.8 Å². The van der Waals surface area contributed by atoms with Crippen molar-refractivity contribution in [3.05, 3.63) is 29.6 Å². The Morgan fingerprint density at radius 3 is 2.69 bits per heavy atom. The molecule has 0 aliphatic heterocycles. The van der Waals surface area contributed by atoms with Gasteiger partial charge < -0.3 is 5.73 Å². The van der Waals surface area contributed by atoms with Crippen molar-refractivity contribution >= 4 is 21.6 Å². The maximum Gasteiger partial charge on any atom is 0.148 e. The van der Waals surface area contributed by atoms with E-state index >= 15 is 0 Å². The molecular formula is C10H14FNO2S2. The summed E-state index contributed by atoms with van der Waals surface area (Å²) in [7, 11) is -2.95. The molecule has 90 valence electrons. The number of nitrogens with two attached hydrogens (primary N) is 1. The molecule has 0 aliphatic rings. The average Bonchev–Trinajstić information content (AvgIpc) is 2.18. The van der Waals surface area contributed by atoms with Gasteiger partial charge in [-0.1, -0.05) is 0 Å². The summed E-state index contributed by atoms with van der Waals surface area (Å²) >= 11 is 1.38. The van der Waals surface area contributed by atoms with Crippen molar-refractivity contribution in [1.29, 1.82) is 0 Å². The van der Waals surface area contributed by atoms with Crippen molar-refractivity contribution in [3.63, 3.8) is 0 Å². The minimum absolute atomic E-state index is 0.110. The number of hydrogen-bond donors (Lipinski definition) is 1. The van der Waals surface area contributed by atoms with Crippen LogP contribution in [0.5, 0.6) is 0 Å². The summed E-state index contributed by atoms with van der Waals surface area (Å²) in [5, 5.41) is 0. The molecule has 0 aromatic heterocycles. The summed E-state index contributed by atoms with van der Waals surface area (Å²) in [5.41, 5.74) is 6.19. The number of thioether (sulfide) groups is 1. The van der Waals surface area contributed by atoms with Crippen LogP contribution in [0.3, 0.4) is 0 Å². The van der Waals surface area contributed by atoms with Gasteiger partial charge >= 0.3 is 0 Å². The van der Waals surface area contributed by atoms with Gasteiger partial charge in [-0.3, -0.25) is 0 Å². The Hall–Kier alpha value is -0.590. The Labute approximate surface area is 99.1 Å². The summed E-state index contributed by atoms with van der Waals surface area (Å²) in [4.78, 5) is 0.840. The Kier molecular flexibility index (Phi) is 4.76. The van der Waals surface area contributed by atoms with Crippen LogP contribution in [0.15, 0.2) is 23.1 Å². The fourth-order valence-electron chi connectivity index (χ4n) is 1.15. The first-order valence-corrected chi connectivity index (χ1v) is 7.76. The van der Waals surface area contributed by atoms with Crippen LogP contribution in [0, 0.1) is 5.82 Å². The molecule has 0 fully saturated rings. The zero-order valence-corrected chi connectivity index (χ0v) is 10.6. The van der Waals surface area contributed by atoms with Gasteiger partial charge in [-0.15, -0.1) is 11.8 Å². The zero-order chi connectivity index (χ0) is 12.2. The number of benzene rings is 1. The average molecular weight is 263 g/mol. The van der Waals surface area contributed by atoms with Gasteiger partial charge in [0.2, 0.25) is 0 Å². The summed E-state index contributed by atoms with van der Waals surface area (Å²) < 4.78 is 34.7. The van der Waals surface area contributed by atoms with Gasteiger partial charge in [-0.25, -0.2) is 12.8 Å². The van der Waals surface area contributed by atoms with E-state index in [2.05, 4.69) is 0 Å². The Balaban J connectivity index is 2.67. The molecule has 0 heterocycles. The highest BCUT2D eigenvalue weighted by molar-refractivity contribution is 8.00. The van der Waals surface area contributed by atoms with Crippen LogP contribution in [0.2, 0.25) is 0 Å². The number of sulfone groups is 1. The van der Waals surface area contributed by atoms with Crippen molar-refractivity contribution in [1.82, 2.24) is 0 Å². The van der Waals surface area contributed by atoms with Crippen molar-refractivity contribution < 1.29 is 12.8 Å². The molecule has 2 N–H and O–H groups in total. The second kappa shape index (κ2) is 5.65. The van der Waals surface area contributed by atoms with Gasteiger partial charge in [0.25, 0.3) is 0 Å². The first-order valence-electron chi connectivity index (χ1n) is 4.71. The van der Waals surface area contributed by atoms with Crippen LogP contribution >= 0.6 is 11.8 Å². The third-order valence-corrected chi connectivity index (χ3v) is 4.28. The zero-order valence-electron chi connectivity index (χ0n) is 8.94. The molecule has 0 radical (unpaired) electrons. The summed E-state index contributed by atoms with van der Waals surface area (Å²) in [6.07, 6.45) is 1.20. The minimum Gasteiger partial charge on any atom is -0.326 e. The highest BCUT2D eigenvalue weighted by Crippen LogP contribution is 2.23. The summed E-state index contributed by atoms with van der Waals surface area (Å²) in [5.74, 6) is 0.240. The van der Waals surface area contributed by atoms with Crippen molar-refractivity contribution in [3.8, 4) is 0 Å². The van der Waals surface area contributed by atoms with E-state index in [1.165, 1.54) is 30.2 Å². The second-order valence-corrected chi connectivity index (χ2v) is 6.83. The van der Waals surface area contributed by atoms with Crippen LogP contribution in [0.1, 0.15) is 5.56 Å². The van der Waals surface area contributed by atoms with Crippen LogP contribution < -0.4 is 5.73 Å². The minimum atomic E-state index is -2.95. The molecule has 1 rings (SSSR count). The third kappa shape index (κ3) is 4.51.